The third kappa shape index (κ3) is 4.92. The second-order valence-corrected chi connectivity index (χ2v) is 11.1. The van der Waals surface area contributed by atoms with E-state index < -0.39 is 42.3 Å². The zero-order valence-corrected chi connectivity index (χ0v) is 23.5. The Labute approximate surface area is 232 Å². The van der Waals surface area contributed by atoms with Gasteiger partial charge in [-0.1, -0.05) is 18.2 Å². The van der Waals surface area contributed by atoms with Crippen LogP contribution in [0.25, 0.3) is 11.0 Å². The summed E-state index contributed by atoms with van der Waals surface area (Å²) in [5, 5.41) is 3.01. The number of imidazole rings is 1. The first kappa shape index (κ1) is 27.0. The van der Waals surface area contributed by atoms with Gasteiger partial charge >= 0.3 is 0 Å². The molecule has 2 aromatic carbocycles. The molecule has 5 atom stereocenters. The molecule has 6 rings (SSSR count). The van der Waals surface area contributed by atoms with Crippen molar-refractivity contribution >= 4 is 16.9 Å². The highest BCUT2D eigenvalue weighted by molar-refractivity contribution is 5.82. The van der Waals surface area contributed by atoms with E-state index in [4.69, 9.17) is 38.1 Å². The molecule has 40 heavy (non-hydrogen) atoms. The van der Waals surface area contributed by atoms with Gasteiger partial charge in [-0.25, -0.2) is 4.98 Å². The lowest BCUT2D eigenvalue weighted by Gasteiger charge is -2.36. The average molecular weight is 554 g/mol. The van der Waals surface area contributed by atoms with Crippen LogP contribution in [-0.4, -0.2) is 72.0 Å². The zero-order valence-electron chi connectivity index (χ0n) is 23.5. The van der Waals surface area contributed by atoms with Crippen LogP contribution >= 0.6 is 0 Å². The third-order valence-electron chi connectivity index (χ3n) is 7.36. The van der Waals surface area contributed by atoms with Gasteiger partial charge in [0.1, 0.15) is 24.1 Å². The normalized spacial score (nSPS) is 28.2. The zero-order chi connectivity index (χ0) is 28.2. The number of nitrogens with one attached hydrogen (secondary N) is 1. The molecule has 3 aliphatic heterocycles. The number of hydrogen-bond acceptors (Lipinski definition) is 9. The largest absolute Gasteiger partial charge is 0.493 e. The Balaban J connectivity index is 1.24. The van der Waals surface area contributed by atoms with Crippen LogP contribution in [0.1, 0.15) is 39.1 Å². The fraction of sp³-hybridized carbons (Fsp3) is 0.517. The van der Waals surface area contributed by atoms with Crippen molar-refractivity contribution in [3.63, 3.8) is 0 Å². The number of rotatable bonds is 7. The lowest BCUT2D eigenvalue weighted by atomic mass is 9.98. The van der Waals surface area contributed by atoms with Crippen LogP contribution in [0, 0.1) is 0 Å². The van der Waals surface area contributed by atoms with E-state index in [0.29, 0.717) is 23.9 Å². The summed E-state index contributed by atoms with van der Waals surface area (Å²) in [5.41, 5.74) is 2.78. The van der Waals surface area contributed by atoms with E-state index in [-0.39, 0.29) is 12.5 Å². The Kier molecular flexibility index (Phi) is 6.75. The van der Waals surface area contributed by atoms with Crippen molar-refractivity contribution in [1.82, 2.24) is 14.9 Å². The second kappa shape index (κ2) is 10.0. The predicted molar refractivity (Wildman–Crippen MR) is 143 cm³/mol. The molecule has 0 spiro atoms. The van der Waals surface area contributed by atoms with E-state index in [1.54, 1.807) is 14.2 Å². The van der Waals surface area contributed by atoms with Gasteiger partial charge in [-0.15, -0.1) is 0 Å². The topological polar surface area (TPSA) is 112 Å². The van der Waals surface area contributed by atoms with Crippen LogP contribution in [0.15, 0.2) is 42.5 Å². The highest BCUT2D eigenvalue weighted by Crippen LogP contribution is 2.44. The summed E-state index contributed by atoms with van der Waals surface area (Å²) in [6, 6.07) is 13.7. The molecule has 0 saturated carbocycles. The lowest BCUT2D eigenvalue weighted by Crippen LogP contribution is -2.59. The van der Waals surface area contributed by atoms with E-state index >= 15 is 0 Å². The molecule has 1 aromatic heterocycles. The van der Waals surface area contributed by atoms with Crippen LogP contribution in [0.4, 0.5) is 0 Å². The third-order valence-corrected chi connectivity index (χ3v) is 7.36. The minimum Gasteiger partial charge on any atom is -0.493 e. The van der Waals surface area contributed by atoms with E-state index in [9.17, 15) is 4.79 Å². The van der Waals surface area contributed by atoms with Gasteiger partial charge in [0.2, 0.25) is 0 Å². The van der Waals surface area contributed by atoms with Crippen molar-refractivity contribution in [2.24, 2.45) is 0 Å². The molecule has 1 N–H and O–H groups in total. The lowest BCUT2D eigenvalue weighted by molar-refractivity contribution is -0.231. The summed E-state index contributed by atoms with van der Waals surface area (Å²) in [6.45, 7) is 7.94. The molecule has 0 bridgehead atoms. The maximum Gasteiger partial charge on any atom is 0.252 e. The summed E-state index contributed by atoms with van der Waals surface area (Å²) in [4.78, 5) is 18.4. The van der Waals surface area contributed by atoms with Gasteiger partial charge < -0.3 is 43.0 Å². The highest BCUT2D eigenvalue weighted by Gasteiger charge is 2.62. The van der Waals surface area contributed by atoms with Crippen molar-refractivity contribution < 1.29 is 38.0 Å². The fourth-order valence-corrected chi connectivity index (χ4v) is 5.69. The molecule has 3 aromatic rings. The van der Waals surface area contributed by atoms with Crippen molar-refractivity contribution in [2.75, 3.05) is 14.2 Å². The van der Waals surface area contributed by atoms with E-state index in [1.807, 2.05) is 70.2 Å². The maximum atomic E-state index is 13.6. The van der Waals surface area contributed by atoms with Crippen LogP contribution in [-0.2, 0) is 41.6 Å². The first-order chi connectivity index (χ1) is 19.1. The molecule has 3 aliphatic rings. The van der Waals surface area contributed by atoms with Crippen molar-refractivity contribution in [1.29, 1.82) is 0 Å². The van der Waals surface area contributed by atoms with Crippen LogP contribution in [0.5, 0.6) is 11.5 Å². The van der Waals surface area contributed by atoms with Crippen molar-refractivity contribution in [3.8, 4) is 11.5 Å². The molecular formula is C29H35N3O8. The first-order valence-corrected chi connectivity index (χ1v) is 13.4. The summed E-state index contributed by atoms with van der Waals surface area (Å²) in [6.07, 6.45) is -3.37. The first-order valence-electron chi connectivity index (χ1n) is 13.4. The van der Waals surface area contributed by atoms with E-state index in [1.165, 1.54) is 0 Å². The summed E-state index contributed by atoms with van der Waals surface area (Å²) in [7, 11) is 3.22. The van der Waals surface area contributed by atoms with E-state index in [2.05, 4.69) is 9.88 Å². The number of para-hydroxylation sites is 2. The van der Waals surface area contributed by atoms with Gasteiger partial charge in [0.05, 0.1) is 31.8 Å². The van der Waals surface area contributed by atoms with E-state index in [0.717, 1.165) is 16.6 Å². The number of ether oxygens (including phenoxy) is 7. The Hall–Kier alpha value is -3.22. The fourth-order valence-electron chi connectivity index (χ4n) is 5.69. The molecule has 3 fully saturated rings. The minimum absolute atomic E-state index is 0.180. The number of hydrogen-bond donors (Lipinski definition) is 1. The second-order valence-electron chi connectivity index (χ2n) is 11.1. The Bertz CT molecular complexity index is 1420. The number of aromatic nitrogens is 2. The van der Waals surface area contributed by atoms with Gasteiger partial charge in [0.15, 0.2) is 35.5 Å². The molecule has 0 radical (unpaired) electrons. The maximum absolute atomic E-state index is 13.6. The van der Waals surface area contributed by atoms with Gasteiger partial charge in [-0.05, 0) is 57.5 Å². The van der Waals surface area contributed by atoms with Crippen LogP contribution in [0.2, 0.25) is 0 Å². The van der Waals surface area contributed by atoms with Crippen molar-refractivity contribution in [2.45, 2.75) is 83.1 Å². The monoisotopic (exact) mass is 553 g/mol. The number of fused-ring (bicyclic) bond motifs is 4. The molecule has 11 nitrogen and oxygen atoms in total. The standard InChI is InChI=1S/C29H35N3O8/c1-28(2)37-22-23(38-28)25-27(40-29(3,4)39-25)36-24(22)26(33)30-14-21-31-17-9-7-8-10-18(17)32(21)15-16-11-12-19(34-5)20(13-16)35-6/h7-13,22-25,27H,14-15H2,1-6H3,(H,30,33). The number of carbonyl (C=O) groups excluding carboxylic acids is 1. The highest BCUT2D eigenvalue weighted by atomic mass is 16.9. The van der Waals surface area contributed by atoms with Crippen LogP contribution in [0.3, 0.4) is 0 Å². The van der Waals surface area contributed by atoms with Crippen LogP contribution < -0.4 is 14.8 Å². The molecule has 11 heteroatoms. The molecule has 4 heterocycles. The molecule has 214 valence electrons. The number of amides is 1. The van der Waals surface area contributed by atoms with Crippen molar-refractivity contribution in [3.05, 3.63) is 53.9 Å². The molecular weight excluding hydrogens is 518 g/mol. The number of carbonyl (C=O) groups is 1. The summed E-state index contributed by atoms with van der Waals surface area (Å²) in [5.74, 6) is -0.104. The SMILES string of the molecule is COc1ccc(Cn2c(CNC(=O)C3OC4OC(C)(C)OC4C4OC(C)(C)OC34)nc3ccccc32)cc1OC. The Morgan fingerprint density at radius 3 is 2.40 bits per heavy atom. The smallest absolute Gasteiger partial charge is 0.252 e. The molecule has 1 amide bonds. The average Bonchev–Trinajstić information content (AvgIpc) is 3.55. The van der Waals surface area contributed by atoms with Gasteiger partial charge in [-0.3, -0.25) is 4.79 Å². The Morgan fingerprint density at radius 2 is 1.62 bits per heavy atom. The quantitative estimate of drug-likeness (QED) is 0.472. The summed E-state index contributed by atoms with van der Waals surface area (Å²) >= 11 is 0. The van der Waals surface area contributed by atoms with Gasteiger partial charge in [-0.2, -0.15) is 0 Å². The summed E-state index contributed by atoms with van der Waals surface area (Å²) < 4.78 is 43.3. The number of nitrogens with zero attached hydrogens (tertiary/aromatic N) is 2. The molecule has 3 saturated heterocycles. The Morgan fingerprint density at radius 1 is 0.925 bits per heavy atom. The number of methoxy groups -OCH3 is 2. The molecule has 5 unspecified atom stereocenters. The predicted octanol–water partition coefficient (Wildman–Crippen LogP) is 3.11. The van der Waals surface area contributed by atoms with Gasteiger partial charge in [0.25, 0.3) is 5.91 Å². The minimum atomic E-state index is -0.950. The van der Waals surface area contributed by atoms with Gasteiger partial charge in [0, 0.05) is 6.54 Å². The number of benzene rings is 2. The molecule has 0 aliphatic carbocycles.